The van der Waals surface area contributed by atoms with E-state index in [4.69, 9.17) is 4.74 Å². The average Bonchev–Trinajstić information content (AvgIpc) is 2.86. The largest absolute Gasteiger partial charge is 0.502 e. The number of aromatic hydroxyl groups is 1. The summed E-state index contributed by atoms with van der Waals surface area (Å²) >= 11 is 0. The molecule has 0 saturated heterocycles. The third-order valence-corrected chi connectivity index (χ3v) is 6.82. The number of aromatic nitrogens is 1. The average molecular weight is 478 g/mol. The number of fused-ring (bicyclic) bond motifs is 5. The zero-order chi connectivity index (χ0) is 24.5. The van der Waals surface area contributed by atoms with E-state index in [0.717, 1.165) is 24.8 Å². The molecule has 2 aliphatic heterocycles. The second kappa shape index (κ2) is 9.44. The lowest BCUT2D eigenvalue weighted by Crippen LogP contribution is -2.55. The first-order chi connectivity index (χ1) is 17.0. The van der Waals surface area contributed by atoms with Gasteiger partial charge in [0.25, 0.3) is 5.91 Å². The minimum absolute atomic E-state index is 0.0912. The topological polar surface area (TPSA) is 75.0 Å². The zero-order valence-electron chi connectivity index (χ0n) is 19.6. The predicted octanol–water partition coefficient (Wildman–Crippen LogP) is 4.03. The van der Waals surface area contributed by atoms with Gasteiger partial charge in [0.2, 0.25) is 5.43 Å². The molecule has 0 spiro atoms. The van der Waals surface area contributed by atoms with Crippen molar-refractivity contribution >= 4 is 5.91 Å². The van der Waals surface area contributed by atoms with E-state index in [-0.39, 0.29) is 18.1 Å². The quantitative estimate of drug-likeness (QED) is 0.573. The van der Waals surface area contributed by atoms with Gasteiger partial charge in [-0.25, -0.2) is 4.39 Å². The number of ether oxygens (including phenoxy) is 1. The molecule has 1 unspecified atom stereocenters. The maximum Gasteiger partial charge on any atom is 0.277 e. The third kappa shape index (κ3) is 4.24. The van der Waals surface area contributed by atoms with Crippen LogP contribution in [0.3, 0.4) is 0 Å². The van der Waals surface area contributed by atoms with Crippen LogP contribution >= 0.6 is 0 Å². The fraction of sp³-hybridized carbons (Fsp3) is 0.333. The highest BCUT2D eigenvalue weighted by Crippen LogP contribution is 2.38. The van der Waals surface area contributed by atoms with E-state index in [2.05, 4.69) is 6.92 Å². The molecule has 182 valence electrons. The number of pyridine rings is 1. The van der Waals surface area contributed by atoms with Crippen molar-refractivity contribution in [2.75, 3.05) is 24.8 Å². The van der Waals surface area contributed by atoms with Crippen molar-refractivity contribution in [3.63, 3.8) is 0 Å². The first-order valence-electron chi connectivity index (χ1n) is 11.9. The van der Waals surface area contributed by atoms with Crippen molar-refractivity contribution in [1.82, 2.24) is 9.58 Å². The van der Waals surface area contributed by atoms with E-state index in [1.165, 1.54) is 23.0 Å². The van der Waals surface area contributed by atoms with Gasteiger partial charge in [0.15, 0.2) is 23.0 Å². The molecule has 35 heavy (non-hydrogen) atoms. The van der Waals surface area contributed by atoms with Crippen molar-refractivity contribution in [3.8, 4) is 11.5 Å². The van der Waals surface area contributed by atoms with E-state index in [1.807, 2.05) is 41.4 Å². The molecule has 1 aromatic heterocycles. The summed E-state index contributed by atoms with van der Waals surface area (Å²) < 4.78 is 22.7. The van der Waals surface area contributed by atoms with Gasteiger partial charge in [-0.05, 0) is 36.8 Å². The Kier molecular flexibility index (Phi) is 6.19. The van der Waals surface area contributed by atoms with Crippen molar-refractivity contribution in [2.24, 2.45) is 5.92 Å². The van der Waals surface area contributed by atoms with Gasteiger partial charge in [-0.1, -0.05) is 49.4 Å². The van der Waals surface area contributed by atoms with Crippen LogP contribution in [-0.4, -0.2) is 40.4 Å². The summed E-state index contributed by atoms with van der Waals surface area (Å²) in [7, 11) is 0. The Hall–Kier alpha value is -3.81. The number of benzene rings is 2. The summed E-state index contributed by atoms with van der Waals surface area (Å²) in [5.74, 6) is -0.953. The number of nitrogens with zero attached hydrogens (tertiary/aromatic N) is 3. The summed E-state index contributed by atoms with van der Waals surface area (Å²) in [6.07, 6.45) is 3.88. The predicted molar refractivity (Wildman–Crippen MR) is 130 cm³/mol. The molecule has 8 heteroatoms. The Labute approximate surface area is 202 Å². The molecule has 2 aromatic carbocycles. The molecule has 7 nitrogen and oxygen atoms in total. The van der Waals surface area contributed by atoms with Gasteiger partial charge in [-0.15, -0.1) is 0 Å². The number of carbonyl (C=O) groups is 1. The number of hydrogen-bond acceptors (Lipinski definition) is 5. The van der Waals surface area contributed by atoms with E-state index in [9.17, 15) is 14.7 Å². The summed E-state index contributed by atoms with van der Waals surface area (Å²) in [4.78, 5) is 27.3. The molecule has 0 fully saturated rings. The Bertz CT molecular complexity index is 1290. The van der Waals surface area contributed by atoms with Crippen LogP contribution in [0.15, 0.2) is 65.6 Å². The number of hydrogen-bond donors (Lipinski definition) is 1. The Balaban J connectivity index is 1.76. The number of carbonyl (C=O) groups excluding carboxylic acids is 1. The molecule has 0 aliphatic carbocycles. The summed E-state index contributed by atoms with van der Waals surface area (Å²) in [5.41, 5.74) is 0.738. The molecule has 3 aromatic rings. The van der Waals surface area contributed by atoms with Crippen LogP contribution in [-0.2, 0) is 0 Å². The van der Waals surface area contributed by atoms with Gasteiger partial charge >= 0.3 is 0 Å². The van der Waals surface area contributed by atoms with Crippen LogP contribution in [0.2, 0.25) is 0 Å². The van der Waals surface area contributed by atoms with Crippen molar-refractivity contribution in [1.29, 1.82) is 0 Å². The maximum absolute atomic E-state index is 15.2. The fourth-order valence-corrected chi connectivity index (χ4v) is 4.94. The van der Waals surface area contributed by atoms with Crippen molar-refractivity contribution in [2.45, 2.75) is 32.2 Å². The van der Waals surface area contributed by atoms with Gasteiger partial charge in [-0.2, -0.15) is 0 Å². The molecule has 3 heterocycles. The molecule has 2 atom stereocenters. The van der Waals surface area contributed by atoms with Crippen molar-refractivity contribution < 1.29 is 19.0 Å². The highest BCUT2D eigenvalue weighted by molar-refractivity contribution is 5.96. The van der Waals surface area contributed by atoms with Crippen LogP contribution in [0.4, 0.5) is 4.39 Å². The molecule has 5 rings (SSSR count). The Morgan fingerprint density at radius 3 is 2.63 bits per heavy atom. The minimum Gasteiger partial charge on any atom is -0.502 e. The van der Waals surface area contributed by atoms with Gasteiger partial charge in [0, 0.05) is 24.4 Å². The normalized spacial score (nSPS) is 20.6. The number of amides is 1. The first-order valence-corrected chi connectivity index (χ1v) is 11.9. The van der Waals surface area contributed by atoms with Crippen LogP contribution in [0, 0.1) is 11.7 Å². The van der Waals surface area contributed by atoms with E-state index in [1.54, 1.807) is 11.0 Å². The first kappa shape index (κ1) is 23.0. The maximum atomic E-state index is 15.2. The number of halogens is 1. The van der Waals surface area contributed by atoms with Crippen molar-refractivity contribution in [3.05, 3.63) is 93.7 Å². The second-order valence-electron chi connectivity index (χ2n) is 9.23. The van der Waals surface area contributed by atoms with Gasteiger partial charge in [-0.3, -0.25) is 19.3 Å². The smallest absolute Gasteiger partial charge is 0.277 e. The molecule has 2 aliphatic rings. The molecule has 1 N–H and O–H groups in total. The van der Waals surface area contributed by atoms with E-state index < -0.39 is 28.9 Å². The molecular weight excluding hydrogens is 449 g/mol. The Morgan fingerprint density at radius 1 is 1.03 bits per heavy atom. The van der Waals surface area contributed by atoms with Crippen LogP contribution in [0.5, 0.6) is 11.5 Å². The highest BCUT2D eigenvalue weighted by Gasteiger charge is 2.37. The second-order valence-corrected chi connectivity index (χ2v) is 9.23. The summed E-state index contributed by atoms with van der Waals surface area (Å²) in [6, 6.07) is 15.1. The van der Waals surface area contributed by atoms with Crippen LogP contribution < -0.4 is 15.2 Å². The fourth-order valence-electron chi connectivity index (χ4n) is 4.94. The molecule has 2 bridgehead atoms. The summed E-state index contributed by atoms with van der Waals surface area (Å²) in [6.45, 7) is 3.16. The lowest BCUT2D eigenvalue weighted by molar-refractivity contribution is 0.0674. The Morgan fingerprint density at radius 2 is 1.83 bits per heavy atom. The lowest BCUT2D eigenvalue weighted by Gasteiger charge is -2.44. The monoisotopic (exact) mass is 477 g/mol. The summed E-state index contributed by atoms with van der Waals surface area (Å²) in [5, 5.41) is 12.5. The SMILES string of the molecule is CC1CCCN2CN([C@@H](c3ccccc3)c3cccc(F)c3OCC1)n1ccc(=O)c(O)c1C2=O. The van der Waals surface area contributed by atoms with Crippen LogP contribution in [0.1, 0.15) is 53.8 Å². The lowest BCUT2D eigenvalue weighted by atomic mass is 9.96. The van der Waals surface area contributed by atoms with Crippen LogP contribution in [0.25, 0.3) is 0 Å². The molecule has 1 amide bonds. The van der Waals surface area contributed by atoms with E-state index >= 15 is 4.39 Å². The molecular formula is C27H28FN3O4. The number of rotatable bonds is 1. The standard InChI is InChI=1S/C27H28FN3O4/c1-18-7-6-14-29-17-31(30-15-12-22(32)25(33)24(30)27(29)34)23(19-8-3-2-4-9-19)20-10-5-11-21(28)26(20)35-16-13-18/h2-5,8-12,15,18,23,33H,6-7,13-14,16-17H2,1H3/t18?,23-/m0/s1. The van der Waals surface area contributed by atoms with Gasteiger partial charge < -0.3 is 14.7 Å². The minimum atomic E-state index is -0.621. The van der Waals surface area contributed by atoms with E-state index in [0.29, 0.717) is 24.6 Å². The molecule has 0 saturated carbocycles. The third-order valence-electron chi connectivity index (χ3n) is 6.82. The highest BCUT2D eigenvalue weighted by atomic mass is 19.1. The molecule has 0 radical (unpaired) electrons. The van der Waals surface area contributed by atoms with Gasteiger partial charge in [0.05, 0.1) is 6.61 Å². The zero-order valence-corrected chi connectivity index (χ0v) is 19.6. The number of para-hydroxylation sites is 1. The van der Waals surface area contributed by atoms with Gasteiger partial charge in [0.1, 0.15) is 12.7 Å².